The Balaban J connectivity index is 1.59. The number of anilines is 2. The van der Waals surface area contributed by atoms with E-state index in [1.807, 2.05) is 67.8 Å². The number of rotatable bonds is 4. The van der Waals surface area contributed by atoms with E-state index in [2.05, 4.69) is 25.3 Å². The summed E-state index contributed by atoms with van der Waals surface area (Å²) >= 11 is 1.58. The largest absolute Gasteiger partial charge is 0.325 e. The zero-order valence-electron chi connectivity index (χ0n) is 13.5. The van der Waals surface area contributed by atoms with Crippen LogP contribution < -0.4 is 5.32 Å². The fraction of sp³-hybridized carbons (Fsp3) is 0.0526. The molecule has 4 rings (SSSR count). The van der Waals surface area contributed by atoms with Crippen LogP contribution in [0.15, 0.2) is 67.1 Å². The van der Waals surface area contributed by atoms with Crippen LogP contribution >= 0.6 is 11.3 Å². The molecule has 0 unspecified atom stereocenters. The van der Waals surface area contributed by atoms with Gasteiger partial charge in [0.25, 0.3) is 0 Å². The standard InChI is InChI=1S/C19H15N5S/c1-13-8-9-17(21-11-13)24-18-7-4-6-14(23-18)16-12-22-19(25-16)15-5-2-3-10-20-15/h2-12H,1H3,(H,21,23,24). The molecule has 0 amide bonds. The van der Waals surface area contributed by atoms with Crippen molar-refractivity contribution in [3.05, 3.63) is 72.7 Å². The molecule has 0 saturated heterocycles. The topological polar surface area (TPSA) is 63.6 Å². The van der Waals surface area contributed by atoms with Crippen LogP contribution in [-0.4, -0.2) is 19.9 Å². The molecule has 0 radical (unpaired) electrons. The maximum atomic E-state index is 4.67. The zero-order valence-corrected chi connectivity index (χ0v) is 14.4. The molecule has 4 aromatic heterocycles. The number of aryl methyl sites for hydroxylation is 1. The van der Waals surface area contributed by atoms with Gasteiger partial charge in [-0.15, -0.1) is 11.3 Å². The van der Waals surface area contributed by atoms with E-state index in [9.17, 15) is 0 Å². The molecule has 4 heterocycles. The number of pyridine rings is 3. The SMILES string of the molecule is Cc1ccc(Nc2cccc(-c3cnc(-c4ccccn4)s3)n2)nc1. The monoisotopic (exact) mass is 345 g/mol. The van der Waals surface area contributed by atoms with E-state index in [-0.39, 0.29) is 0 Å². The lowest BCUT2D eigenvalue weighted by molar-refractivity contribution is 1.23. The molecule has 0 fully saturated rings. The molecule has 122 valence electrons. The minimum absolute atomic E-state index is 0.752. The molecule has 0 spiro atoms. The molecule has 1 N–H and O–H groups in total. The van der Waals surface area contributed by atoms with E-state index < -0.39 is 0 Å². The highest BCUT2D eigenvalue weighted by atomic mass is 32.1. The van der Waals surface area contributed by atoms with Gasteiger partial charge >= 0.3 is 0 Å². The molecule has 6 heteroatoms. The van der Waals surface area contributed by atoms with Gasteiger partial charge in [-0.05, 0) is 42.8 Å². The average Bonchev–Trinajstić information content (AvgIpc) is 3.15. The van der Waals surface area contributed by atoms with Crippen molar-refractivity contribution < 1.29 is 0 Å². The van der Waals surface area contributed by atoms with Crippen LogP contribution in [-0.2, 0) is 0 Å². The maximum Gasteiger partial charge on any atom is 0.142 e. The Morgan fingerprint density at radius 3 is 2.52 bits per heavy atom. The summed E-state index contributed by atoms with van der Waals surface area (Å²) in [6, 6.07) is 15.6. The van der Waals surface area contributed by atoms with E-state index in [4.69, 9.17) is 0 Å². The van der Waals surface area contributed by atoms with Crippen molar-refractivity contribution in [1.29, 1.82) is 0 Å². The van der Waals surface area contributed by atoms with Crippen molar-refractivity contribution in [2.24, 2.45) is 0 Å². The second kappa shape index (κ2) is 6.78. The normalized spacial score (nSPS) is 10.6. The molecule has 0 aliphatic heterocycles. The Kier molecular flexibility index (Phi) is 4.18. The number of nitrogens with zero attached hydrogens (tertiary/aromatic N) is 4. The summed E-state index contributed by atoms with van der Waals surface area (Å²) in [5.41, 5.74) is 2.87. The van der Waals surface area contributed by atoms with Gasteiger partial charge in [0.05, 0.1) is 16.3 Å². The first-order chi connectivity index (χ1) is 12.3. The average molecular weight is 345 g/mol. The molecule has 4 aromatic rings. The predicted molar refractivity (Wildman–Crippen MR) is 101 cm³/mol. The zero-order chi connectivity index (χ0) is 17.1. The Morgan fingerprint density at radius 1 is 0.800 bits per heavy atom. The molecular weight excluding hydrogens is 330 g/mol. The number of hydrogen-bond donors (Lipinski definition) is 1. The second-order valence-corrected chi connectivity index (χ2v) is 6.53. The molecule has 0 atom stereocenters. The lowest BCUT2D eigenvalue weighted by atomic mass is 10.3. The Bertz CT molecular complexity index is 980. The minimum Gasteiger partial charge on any atom is -0.325 e. The third-order valence-electron chi connectivity index (χ3n) is 3.56. The minimum atomic E-state index is 0.752. The first kappa shape index (κ1) is 15.4. The fourth-order valence-corrected chi connectivity index (χ4v) is 3.18. The summed E-state index contributed by atoms with van der Waals surface area (Å²) in [5.74, 6) is 1.52. The Hall–Kier alpha value is -3.12. The van der Waals surface area contributed by atoms with Gasteiger partial charge in [-0.3, -0.25) is 4.98 Å². The van der Waals surface area contributed by atoms with Crippen LogP contribution in [0.5, 0.6) is 0 Å². The molecule has 0 aromatic carbocycles. The van der Waals surface area contributed by atoms with Gasteiger partial charge in [0.2, 0.25) is 0 Å². The van der Waals surface area contributed by atoms with Crippen LogP contribution in [0, 0.1) is 6.92 Å². The van der Waals surface area contributed by atoms with Crippen molar-refractivity contribution in [2.45, 2.75) is 6.92 Å². The second-order valence-electron chi connectivity index (χ2n) is 5.50. The van der Waals surface area contributed by atoms with Gasteiger partial charge in [0.1, 0.15) is 16.6 Å². The van der Waals surface area contributed by atoms with Crippen LogP contribution in [0.1, 0.15) is 5.56 Å². The lowest BCUT2D eigenvalue weighted by Gasteiger charge is -2.06. The van der Waals surface area contributed by atoms with E-state index in [0.717, 1.165) is 38.5 Å². The molecule has 25 heavy (non-hydrogen) atoms. The molecule has 0 saturated carbocycles. The Labute approximate surface area is 149 Å². The molecule has 5 nitrogen and oxygen atoms in total. The first-order valence-electron chi connectivity index (χ1n) is 7.82. The highest BCUT2D eigenvalue weighted by Crippen LogP contribution is 2.30. The van der Waals surface area contributed by atoms with Crippen molar-refractivity contribution in [1.82, 2.24) is 19.9 Å². The molecule has 0 aliphatic rings. The summed E-state index contributed by atoms with van der Waals surface area (Å²) in [7, 11) is 0. The van der Waals surface area contributed by atoms with Crippen molar-refractivity contribution in [3.8, 4) is 21.3 Å². The van der Waals surface area contributed by atoms with Gasteiger partial charge in [0, 0.05) is 18.6 Å². The van der Waals surface area contributed by atoms with Crippen LogP contribution in [0.2, 0.25) is 0 Å². The quantitative estimate of drug-likeness (QED) is 0.580. The van der Waals surface area contributed by atoms with Gasteiger partial charge in [-0.25, -0.2) is 15.0 Å². The molecule has 0 aliphatic carbocycles. The Morgan fingerprint density at radius 2 is 1.72 bits per heavy atom. The highest BCUT2D eigenvalue weighted by molar-refractivity contribution is 7.18. The van der Waals surface area contributed by atoms with Crippen LogP contribution in [0.4, 0.5) is 11.6 Å². The number of thiazole rings is 1. The van der Waals surface area contributed by atoms with Gasteiger partial charge in [-0.1, -0.05) is 18.2 Å². The van der Waals surface area contributed by atoms with E-state index in [1.165, 1.54) is 0 Å². The van der Waals surface area contributed by atoms with E-state index in [1.54, 1.807) is 17.5 Å². The van der Waals surface area contributed by atoms with Crippen molar-refractivity contribution in [2.75, 3.05) is 5.32 Å². The van der Waals surface area contributed by atoms with Crippen molar-refractivity contribution in [3.63, 3.8) is 0 Å². The number of hydrogen-bond acceptors (Lipinski definition) is 6. The molecule has 0 bridgehead atoms. The summed E-state index contributed by atoms with van der Waals surface area (Å²) in [6.07, 6.45) is 5.44. The molecular formula is C19H15N5S. The summed E-state index contributed by atoms with van der Waals surface area (Å²) in [6.45, 7) is 2.01. The maximum absolute atomic E-state index is 4.67. The third-order valence-corrected chi connectivity index (χ3v) is 4.60. The van der Waals surface area contributed by atoms with E-state index >= 15 is 0 Å². The predicted octanol–water partition coefficient (Wildman–Crippen LogP) is 4.71. The summed E-state index contributed by atoms with van der Waals surface area (Å²) < 4.78 is 0. The van der Waals surface area contributed by atoms with Gasteiger partial charge in [-0.2, -0.15) is 0 Å². The van der Waals surface area contributed by atoms with Crippen LogP contribution in [0.3, 0.4) is 0 Å². The number of nitrogens with one attached hydrogen (secondary N) is 1. The third kappa shape index (κ3) is 3.54. The van der Waals surface area contributed by atoms with Gasteiger partial charge < -0.3 is 5.32 Å². The van der Waals surface area contributed by atoms with Gasteiger partial charge in [0.15, 0.2) is 0 Å². The number of aromatic nitrogens is 4. The summed E-state index contributed by atoms with van der Waals surface area (Å²) in [5, 5.41) is 4.11. The summed E-state index contributed by atoms with van der Waals surface area (Å²) in [4.78, 5) is 18.8. The fourth-order valence-electron chi connectivity index (χ4n) is 2.31. The van der Waals surface area contributed by atoms with Crippen LogP contribution in [0.25, 0.3) is 21.3 Å². The highest BCUT2D eigenvalue weighted by Gasteiger charge is 2.09. The smallest absolute Gasteiger partial charge is 0.142 e. The lowest BCUT2D eigenvalue weighted by Crippen LogP contribution is -1.96. The first-order valence-corrected chi connectivity index (χ1v) is 8.64. The van der Waals surface area contributed by atoms with E-state index in [0.29, 0.717) is 0 Å². The van der Waals surface area contributed by atoms with Crippen molar-refractivity contribution >= 4 is 23.0 Å².